The van der Waals surface area contributed by atoms with Crippen LogP contribution < -0.4 is 0 Å². The molecule has 0 aliphatic rings. The van der Waals surface area contributed by atoms with Gasteiger partial charge >= 0.3 is 12.4 Å². The second-order valence-corrected chi connectivity index (χ2v) is 8.31. The smallest absolute Gasteiger partial charge is 0.418 e. The first-order chi connectivity index (χ1) is 17.1. The highest BCUT2D eigenvalue weighted by molar-refractivity contribution is 5.74. The molecule has 175 valence electrons. The molecule has 0 unspecified atom stereocenters. The SMILES string of the molecule is CCC(OC(=O)CC(O[C]=O)(c1ccccc1)c1ccccc1)(c1ccccc1)c1ccccc1. The average molecular weight is 464 g/mol. The molecule has 4 rings (SSSR count). The first-order valence-electron chi connectivity index (χ1n) is 11.6. The number of carbonyl (C=O) groups excluding carboxylic acids is 2. The number of carbonyl (C=O) groups is 1. The largest absolute Gasteiger partial charge is 0.449 e. The molecule has 4 aromatic carbocycles. The number of hydrogen-bond donors (Lipinski definition) is 0. The maximum atomic E-state index is 13.8. The number of esters is 1. The maximum absolute atomic E-state index is 13.8. The van der Waals surface area contributed by atoms with Crippen LogP contribution in [0.4, 0.5) is 0 Å². The van der Waals surface area contributed by atoms with Crippen LogP contribution in [0, 0.1) is 0 Å². The molecule has 1 radical (unpaired) electrons. The predicted molar refractivity (Wildman–Crippen MR) is 135 cm³/mol. The lowest BCUT2D eigenvalue weighted by molar-refractivity contribution is -0.161. The van der Waals surface area contributed by atoms with Crippen molar-refractivity contribution >= 4 is 12.4 Å². The highest BCUT2D eigenvalue weighted by Crippen LogP contribution is 2.41. The van der Waals surface area contributed by atoms with Crippen LogP contribution in [0.1, 0.15) is 42.0 Å². The highest BCUT2D eigenvalue weighted by Gasteiger charge is 2.43. The summed E-state index contributed by atoms with van der Waals surface area (Å²) < 4.78 is 12.0. The first-order valence-corrected chi connectivity index (χ1v) is 11.6. The van der Waals surface area contributed by atoms with Crippen LogP contribution in [0.25, 0.3) is 0 Å². The third-order valence-corrected chi connectivity index (χ3v) is 6.36. The molecule has 0 bridgehead atoms. The molecule has 0 aliphatic carbocycles. The summed E-state index contributed by atoms with van der Waals surface area (Å²) in [5, 5.41) is 0. The summed E-state index contributed by atoms with van der Waals surface area (Å²) in [4.78, 5) is 25.4. The van der Waals surface area contributed by atoms with Crippen LogP contribution in [0.5, 0.6) is 0 Å². The monoisotopic (exact) mass is 463 g/mol. The van der Waals surface area contributed by atoms with Crippen molar-refractivity contribution in [1.82, 2.24) is 0 Å². The van der Waals surface area contributed by atoms with E-state index < -0.39 is 17.2 Å². The zero-order valence-corrected chi connectivity index (χ0v) is 19.6. The van der Waals surface area contributed by atoms with E-state index in [1.807, 2.05) is 128 Å². The molecule has 0 saturated heterocycles. The maximum Gasteiger partial charge on any atom is 0.418 e. The Balaban J connectivity index is 1.79. The van der Waals surface area contributed by atoms with E-state index in [0.29, 0.717) is 17.5 Å². The number of rotatable bonds is 10. The highest BCUT2D eigenvalue weighted by atomic mass is 16.6. The second-order valence-electron chi connectivity index (χ2n) is 8.31. The van der Waals surface area contributed by atoms with E-state index in [1.165, 1.54) is 0 Å². The van der Waals surface area contributed by atoms with Gasteiger partial charge in [0, 0.05) is 22.3 Å². The normalized spacial score (nSPS) is 11.5. The Labute approximate surface area is 206 Å². The van der Waals surface area contributed by atoms with Crippen LogP contribution in [-0.2, 0) is 30.3 Å². The van der Waals surface area contributed by atoms with Crippen molar-refractivity contribution in [1.29, 1.82) is 0 Å². The fourth-order valence-electron chi connectivity index (χ4n) is 4.62. The minimum Gasteiger partial charge on any atom is -0.449 e. The summed E-state index contributed by atoms with van der Waals surface area (Å²) in [7, 11) is 0. The standard InChI is InChI=1S/C31H27O4/c1-2-30(25-15-7-3-8-16-25,26-17-9-4-10-18-26)35-29(33)23-31(34-24-32,27-19-11-5-12-20-27)28-21-13-6-14-22-28/h3-22H,2,23H2,1H3. The van der Waals surface area contributed by atoms with Gasteiger partial charge in [0.25, 0.3) is 0 Å². The molecule has 0 amide bonds. The summed E-state index contributed by atoms with van der Waals surface area (Å²) >= 11 is 0. The predicted octanol–water partition coefficient (Wildman–Crippen LogP) is 6.30. The van der Waals surface area contributed by atoms with Gasteiger partial charge in [0.15, 0.2) is 11.2 Å². The summed E-state index contributed by atoms with van der Waals surface area (Å²) in [6.07, 6.45) is 0.314. The second kappa shape index (κ2) is 10.8. The van der Waals surface area contributed by atoms with Crippen LogP contribution in [0.15, 0.2) is 121 Å². The number of benzene rings is 4. The lowest BCUT2D eigenvalue weighted by Gasteiger charge is -2.36. The van der Waals surface area contributed by atoms with E-state index in [9.17, 15) is 9.59 Å². The van der Waals surface area contributed by atoms with Crippen molar-refractivity contribution in [3.05, 3.63) is 144 Å². The molecule has 4 nitrogen and oxygen atoms in total. The zero-order chi connectivity index (χ0) is 24.6. The average Bonchev–Trinajstić information content (AvgIpc) is 2.93. The topological polar surface area (TPSA) is 52.6 Å². The van der Waals surface area contributed by atoms with Gasteiger partial charge in [0.2, 0.25) is 0 Å². The summed E-state index contributed by atoms with van der Waals surface area (Å²) in [6.45, 7) is 3.58. The van der Waals surface area contributed by atoms with Gasteiger partial charge in [-0.05, 0) is 6.42 Å². The minimum absolute atomic E-state index is 0.211. The summed E-state index contributed by atoms with van der Waals surface area (Å²) in [6, 6.07) is 37.9. The fraction of sp³-hybridized carbons (Fsp3) is 0.161. The molecule has 0 aromatic heterocycles. The first kappa shape index (κ1) is 24.0. The third kappa shape index (κ3) is 4.87. The number of hydrogen-bond acceptors (Lipinski definition) is 4. The van der Waals surface area contributed by atoms with Gasteiger partial charge in [-0.2, -0.15) is 0 Å². The van der Waals surface area contributed by atoms with Crippen molar-refractivity contribution in [2.45, 2.75) is 31.0 Å². The Kier molecular flexibility index (Phi) is 7.41. The zero-order valence-electron chi connectivity index (χ0n) is 19.6. The van der Waals surface area contributed by atoms with Crippen LogP contribution in [0.3, 0.4) is 0 Å². The molecule has 0 saturated carbocycles. The Morgan fingerprint density at radius 3 is 1.29 bits per heavy atom. The van der Waals surface area contributed by atoms with Gasteiger partial charge in [-0.1, -0.05) is 128 Å². The van der Waals surface area contributed by atoms with Crippen LogP contribution >= 0.6 is 0 Å². The minimum atomic E-state index is -1.38. The van der Waals surface area contributed by atoms with Gasteiger partial charge < -0.3 is 9.47 Å². The Hall–Kier alpha value is -4.18. The van der Waals surface area contributed by atoms with Gasteiger partial charge in [0.1, 0.15) is 0 Å². The molecule has 0 aliphatic heterocycles. The van der Waals surface area contributed by atoms with E-state index in [4.69, 9.17) is 9.47 Å². The quantitative estimate of drug-likeness (QED) is 0.259. The van der Waals surface area contributed by atoms with Crippen molar-refractivity contribution in [2.75, 3.05) is 0 Å². The molecule has 0 N–H and O–H groups in total. The summed E-state index contributed by atoms with van der Waals surface area (Å²) in [5.74, 6) is -0.498. The molecule has 4 aromatic rings. The lowest BCUT2D eigenvalue weighted by Crippen LogP contribution is -2.39. The van der Waals surface area contributed by atoms with E-state index in [1.54, 1.807) is 6.47 Å². The molecular weight excluding hydrogens is 436 g/mol. The van der Waals surface area contributed by atoms with Gasteiger partial charge in [0.05, 0.1) is 6.42 Å². The Morgan fingerprint density at radius 2 is 0.971 bits per heavy atom. The Bertz CT molecular complexity index is 1140. The van der Waals surface area contributed by atoms with E-state index in [2.05, 4.69) is 0 Å². The molecule has 4 heteroatoms. The van der Waals surface area contributed by atoms with E-state index in [0.717, 1.165) is 11.1 Å². The van der Waals surface area contributed by atoms with E-state index in [-0.39, 0.29) is 6.42 Å². The summed E-state index contributed by atoms with van der Waals surface area (Å²) in [5.41, 5.74) is 0.684. The fourth-order valence-corrected chi connectivity index (χ4v) is 4.62. The van der Waals surface area contributed by atoms with Gasteiger partial charge in [-0.3, -0.25) is 4.79 Å². The molecule has 0 spiro atoms. The number of ether oxygens (including phenoxy) is 2. The molecule has 35 heavy (non-hydrogen) atoms. The third-order valence-electron chi connectivity index (χ3n) is 6.36. The lowest BCUT2D eigenvalue weighted by atomic mass is 9.82. The van der Waals surface area contributed by atoms with Crippen molar-refractivity contribution in [3.8, 4) is 0 Å². The molecular formula is C31H27O4. The van der Waals surface area contributed by atoms with E-state index >= 15 is 0 Å². The van der Waals surface area contributed by atoms with Crippen molar-refractivity contribution < 1.29 is 19.1 Å². The molecule has 0 heterocycles. The van der Waals surface area contributed by atoms with Crippen molar-refractivity contribution in [3.63, 3.8) is 0 Å². The molecule has 0 fully saturated rings. The van der Waals surface area contributed by atoms with Crippen LogP contribution in [0.2, 0.25) is 0 Å². The van der Waals surface area contributed by atoms with Crippen molar-refractivity contribution in [2.24, 2.45) is 0 Å². The van der Waals surface area contributed by atoms with Crippen LogP contribution in [-0.4, -0.2) is 12.4 Å². The van der Waals surface area contributed by atoms with Gasteiger partial charge in [-0.15, -0.1) is 0 Å². The van der Waals surface area contributed by atoms with Gasteiger partial charge in [-0.25, -0.2) is 4.79 Å². The molecule has 0 atom stereocenters. The Morgan fingerprint density at radius 1 is 0.629 bits per heavy atom.